The zero-order chi connectivity index (χ0) is 16.4. The summed E-state index contributed by atoms with van der Waals surface area (Å²) in [5, 5.41) is 4.05. The number of aromatic nitrogens is 6. The Morgan fingerprint density at radius 3 is 2.67 bits per heavy atom. The van der Waals surface area contributed by atoms with Crippen molar-refractivity contribution < 1.29 is 4.52 Å². The molecule has 0 fully saturated rings. The summed E-state index contributed by atoms with van der Waals surface area (Å²) >= 11 is 0. The molecule has 1 atom stereocenters. The zero-order valence-corrected chi connectivity index (χ0v) is 12.9. The van der Waals surface area contributed by atoms with Crippen molar-refractivity contribution in [1.82, 2.24) is 29.7 Å². The lowest BCUT2D eigenvalue weighted by Crippen LogP contribution is -2.08. The van der Waals surface area contributed by atoms with E-state index in [0.717, 1.165) is 17.0 Å². The highest BCUT2D eigenvalue weighted by Crippen LogP contribution is 2.25. The normalized spacial score (nSPS) is 12.2. The third kappa shape index (κ3) is 2.56. The van der Waals surface area contributed by atoms with Gasteiger partial charge in [-0.05, 0) is 31.2 Å². The van der Waals surface area contributed by atoms with Crippen molar-refractivity contribution in [2.75, 3.05) is 0 Å². The second-order valence-electron chi connectivity index (χ2n) is 5.27. The molecule has 0 spiro atoms. The second-order valence-corrected chi connectivity index (χ2v) is 5.27. The first-order valence-corrected chi connectivity index (χ1v) is 7.50. The van der Waals surface area contributed by atoms with Crippen LogP contribution in [0.2, 0.25) is 0 Å². The molecule has 118 valence electrons. The topological polar surface area (TPSA) is 82.5 Å². The summed E-state index contributed by atoms with van der Waals surface area (Å²) in [4.78, 5) is 17.0. The van der Waals surface area contributed by atoms with Gasteiger partial charge in [0.15, 0.2) is 0 Å². The molecule has 0 saturated heterocycles. The van der Waals surface area contributed by atoms with Crippen molar-refractivity contribution in [2.45, 2.75) is 13.0 Å². The molecule has 4 heterocycles. The van der Waals surface area contributed by atoms with Gasteiger partial charge in [0.2, 0.25) is 11.7 Å². The minimum atomic E-state index is -0.145. The lowest BCUT2D eigenvalue weighted by Gasteiger charge is -2.12. The largest absolute Gasteiger partial charge is 0.337 e. The lowest BCUT2D eigenvalue weighted by molar-refractivity contribution is 0.346. The molecule has 0 bridgehead atoms. The smallest absolute Gasteiger partial charge is 0.249 e. The Kier molecular flexibility index (Phi) is 3.59. The molecule has 0 aromatic carbocycles. The molecular formula is C17H14N6O. The van der Waals surface area contributed by atoms with Gasteiger partial charge in [-0.25, -0.2) is 4.98 Å². The van der Waals surface area contributed by atoms with Crippen LogP contribution in [0.15, 0.2) is 66.0 Å². The average molecular weight is 318 g/mol. The summed E-state index contributed by atoms with van der Waals surface area (Å²) in [5.41, 5.74) is 1.80. The van der Waals surface area contributed by atoms with Crippen molar-refractivity contribution >= 4 is 0 Å². The van der Waals surface area contributed by atoms with Crippen LogP contribution in [0.3, 0.4) is 0 Å². The molecule has 0 aliphatic rings. The summed E-state index contributed by atoms with van der Waals surface area (Å²) in [5.74, 6) is 1.86. The molecule has 7 heteroatoms. The minimum absolute atomic E-state index is 0.145. The van der Waals surface area contributed by atoms with Gasteiger partial charge >= 0.3 is 0 Å². The Morgan fingerprint density at radius 1 is 1.00 bits per heavy atom. The number of hydrogen-bond donors (Lipinski definition) is 0. The predicted molar refractivity (Wildman–Crippen MR) is 86.8 cm³/mol. The van der Waals surface area contributed by atoms with E-state index in [2.05, 4.69) is 25.1 Å². The molecule has 0 aliphatic carbocycles. The molecule has 0 amide bonds. The maximum atomic E-state index is 5.45. The van der Waals surface area contributed by atoms with Crippen LogP contribution in [-0.4, -0.2) is 29.7 Å². The van der Waals surface area contributed by atoms with Crippen molar-refractivity contribution in [3.8, 4) is 22.8 Å². The third-order valence-electron chi connectivity index (χ3n) is 3.74. The van der Waals surface area contributed by atoms with Crippen molar-refractivity contribution in [2.24, 2.45) is 0 Å². The fourth-order valence-corrected chi connectivity index (χ4v) is 2.49. The van der Waals surface area contributed by atoms with E-state index in [1.165, 1.54) is 0 Å². The molecule has 0 aliphatic heterocycles. The van der Waals surface area contributed by atoms with Crippen LogP contribution >= 0.6 is 0 Å². The van der Waals surface area contributed by atoms with Crippen LogP contribution in [0.25, 0.3) is 22.8 Å². The third-order valence-corrected chi connectivity index (χ3v) is 3.74. The molecule has 0 radical (unpaired) electrons. The average Bonchev–Trinajstić information content (AvgIpc) is 3.32. The van der Waals surface area contributed by atoms with Gasteiger partial charge in [-0.2, -0.15) is 4.98 Å². The minimum Gasteiger partial charge on any atom is -0.337 e. The number of pyridine rings is 2. The van der Waals surface area contributed by atoms with Gasteiger partial charge in [-0.1, -0.05) is 5.16 Å². The van der Waals surface area contributed by atoms with Gasteiger partial charge in [-0.15, -0.1) is 0 Å². The number of rotatable bonds is 4. The fraction of sp³-hybridized carbons (Fsp3) is 0.118. The molecule has 0 N–H and O–H groups in total. The second kappa shape index (κ2) is 6.04. The number of imidazole rings is 1. The maximum Gasteiger partial charge on any atom is 0.249 e. The van der Waals surface area contributed by atoms with Crippen LogP contribution in [0, 0.1) is 0 Å². The fourth-order valence-electron chi connectivity index (χ4n) is 2.49. The lowest BCUT2D eigenvalue weighted by atomic mass is 10.2. The van der Waals surface area contributed by atoms with E-state index in [-0.39, 0.29) is 6.04 Å². The van der Waals surface area contributed by atoms with Crippen molar-refractivity contribution in [1.29, 1.82) is 0 Å². The molecular weight excluding hydrogens is 304 g/mol. The number of nitrogens with zero attached hydrogens (tertiary/aromatic N) is 6. The van der Waals surface area contributed by atoms with Gasteiger partial charge in [-0.3, -0.25) is 9.97 Å². The molecule has 7 nitrogen and oxygen atoms in total. The van der Waals surface area contributed by atoms with E-state index in [4.69, 9.17) is 4.52 Å². The van der Waals surface area contributed by atoms with Crippen LogP contribution in [0.1, 0.15) is 18.9 Å². The van der Waals surface area contributed by atoms with Crippen LogP contribution in [0.4, 0.5) is 0 Å². The first kappa shape index (κ1) is 14.3. The predicted octanol–water partition coefficient (Wildman–Crippen LogP) is 3.00. The first-order chi connectivity index (χ1) is 11.8. The number of hydrogen-bond acceptors (Lipinski definition) is 6. The highest BCUT2D eigenvalue weighted by molar-refractivity contribution is 5.55. The van der Waals surface area contributed by atoms with Crippen molar-refractivity contribution in [3.05, 3.63) is 67.3 Å². The highest BCUT2D eigenvalue weighted by Gasteiger charge is 2.19. The van der Waals surface area contributed by atoms with E-state index >= 15 is 0 Å². The molecule has 4 rings (SSSR count). The summed E-state index contributed by atoms with van der Waals surface area (Å²) < 4.78 is 7.44. The molecule has 24 heavy (non-hydrogen) atoms. The molecule has 4 aromatic rings. The SMILES string of the molecule is CC(c1nc(-c2cccnc2)no1)n1ccnc1-c1ccncc1. The zero-order valence-electron chi connectivity index (χ0n) is 12.9. The van der Waals surface area contributed by atoms with Crippen LogP contribution < -0.4 is 0 Å². The maximum absolute atomic E-state index is 5.45. The summed E-state index contributed by atoms with van der Waals surface area (Å²) in [7, 11) is 0. The van der Waals surface area contributed by atoms with E-state index in [1.807, 2.05) is 42.0 Å². The molecule has 0 saturated carbocycles. The Morgan fingerprint density at radius 2 is 1.88 bits per heavy atom. The summed E-state index contributed by atoms with van der Waals surface area (Å²) in [6.07, 6.45) is 10.6. The molecule has 1 unspecified atom stereocenters. The van der Waals surface area contributed by atoms with E-state index in [0.29, 0.717) is 11.7 Å². The Bertz CT molecular complexity index is 932. The Hall–Kier alpha value is -3.35. The Labute approximate surface area is 138 Å². The van der Waals surface area contributed by atoms with Gasteiger partial charge < -0.3 is 9.09 Å². The quantitative estimate of drug-likeness (QED) is 0.575. The van der Waals surface area contributed by atoms with Crippen molar-refractivity contribution in [3.63, 3.8) is 0 Å². The van der Waals surface area contributed by atoms with E-state index < -0.39 is 0 Å². The summed E-state index contributed by atoms with van der Waals surface area (Å²) in [6.45, 7) is 1.99. The van der Waals surface area contributed by atoms with Gasteiger partial charge in [0.1, 0.15) is 11.9 Å². The van der Waals surface area contributed by atoms with E-state index in [9.17, 15) is 0 Å². The van der Waals surface area contributed by atoms with Gasteiger partial charge in [0.05, 0.1) is 0 Å². The van der Waals surface area contributed by atoms with Gasteiger partial charge in [0.25, 0.3) is 0 Å². The monoisotopic (exact) mass is 318 g/mol. The van der Waals surface area contributed by atoms with Crippen LogP contribution in [0.5, 0.6) is 0 Å². The summed E-state index contributed by atoms with van der Waals surface area (Å²) in [6, 6.07) is 7.42. The van der Waals surface area contributed by atoms with E-state index in [1.54, 1.807) is 31.0 Å². The highest BCUT2D eigenvalue weighted by atomic mass is 16.5. The van der Waals surface area contributed by atoms with Crippen LogP contribution in [-0.2, 0) is 0 Å². The standard InChI is InChI=1S/C17H14N6O/c1-12(17-21-15(22-24-17)14-3-2-6-19-11-14)23-10-9-20-16(23)13-4-7-18-8-5-13/h2-12H,1H3. The Balaban J connectivity index is 1.67. The molecule has 4 aromatic heterocycles. The first-order valence-electron chi connectivity index (χ1n) is 7.50. The van der Waals surface area contributed by atoms with Gasteiger partial charge in [0, 0.05) is 48.3 Å².